The molecular formula is C12H24N4O. The minimum absolute atomic E-state index is 0.522. The minimum Gasteiger partial charge on any atom is -0.369 e. The van der Waals surface area contributed by atoms with Gasteiger partial charge in [0.05, 0.1) is 0 Å². The molecule has 0 aromatic heterocycles. The number of nitrogens with zero attached hydrogens (tertiary/aromatic N) is 3. The second kappa shape index (κ2) is 11.3. The zero-order chi connectivity index (χ0) is 12.9. The van der Waals surface area contributed by atoms with Gasteiger partial charge in [0.15, 0.2) is 0 Å². The first-order chi connectivity index (χ1) is 8.22. The molecule has 2 N–H and O–H groups in total. The summed E-state index contributed by atoms with van der Waals surface area (Å²) < 4.78 is 0. The van der Waals surface area contributed by atoms with Crippen LogP contribution in [0.5, 0.6) is 0 Å². The van der Waals surface area contributed by atoms with Crippen molar-refractivity contribution in [1.29, 1.82) is 0 Å². The van der Waals surface area contributed by atoms with Crippen molar-refractivity contribution in [3.8, 4) is 0 Å². The number of azide groups is 1. The highest BCUT2D eigenvalue weighted by Crippen LogP contribution is 2.11. The highest BCUT2D eigenvalue weighted by molar-refractivity contribution is 5.79. The minimum atomic E-state index is -0.667. The van der Waals surface area contributed by atoms with E-state index in [-0.39, 0.29) is 0 Å². The molecule has 0 heterocycles. The van der Waals surface area contributed by atoms with Crippen LogP contribution in [-0.2, 0) is 4.79 Å². The van der Waals surface area contributed by atoms with Gasteiger partial charge in [-0.3, -0.25) is 4.79 Å². The largest absolute Gasteiger partial charge is 0.369 e. The molecular weight excluding hydrogens is 216 g/mol. The number of rotatable bonds is 11. The Labute approximate surface area is 103 Å². The summed E-state index contributed by atoms with van der Waals surface area (Å²) in [4.78, 5) is 13.5. The number of amides is 1. The van der Waals surface area contributed by atoms with E-state index < -0.39 is 11.9 Å². The molecule has 0 saturated heterocycles. The Balaban J connectivity index is 3.43. The molecule has 0 saturated carbocycles. The van der Waals surface area contributed by atoms with E-state index in [0.717, 1.165) is 12.8 Å². The smallest absolute Gasteiger partial charge is 0.226 e. The van der Waals surface area contributed by atoms with Crippen LogP contribution in [0.3, 0.4) is 0 Å². The predicted molar refractivity (Wildman–Crippen MR) is 69.4 cm³/mol. The summed E-state index contributed by atoms with van der Waals surface area (Å²) >= 11 is 0. The van der Waals surface area contributed by atoms with Crippen molar-refractivity contribution in [2.45, 2.75) is 70.8 Å². The third-order valence-electron chi connectivity index (χ3n) is 2.85. The van der Waals surface area contributed by atoms with Gasteiger partial charge in [0.25, 0.3) is 0 Å². The molecule has 5 nitrogen and oxygen atoms in total. The summed E-state index contributed by atoms with van der Waals surface area (Å²) in [5, 5.41) is 3.39. The Morgan fingerprint density at radius 2 is 1.71 bits per heavy atom. The predicted octanol–water partition coefficient (Wildman–Crippen LogP) is 3.68. The molecule has 0 radical (unpaired) electrons. The van der Waals surface area contributed by atoms with E-state index in [9.17, 15) is 4.79 Å². The third-order valence-corrected chi connectivity index (χ3v) is 2.85. The SMILES string of the molecule is CCCCCCCCCCC(N=[N+]=[N-])C(N)=O. The van der Waals surface area contributed by atoms with E-state index in [2.05, 4.69) is 16.9 Å². The van der Waals surface area contributed by atoms with Crippen LogP contribution >= 0.6 is 0 Å². The topological polar surface area (TPSA) is 91.8 Å². The lowest BCUT2D eigenvalue weighted by atomic mass is 10.0. The van der Waals surface area contributed by atoms with Crippen molar-refractivity contribution in [2.24, 2.45) is 10.8 Å². The average Bonchev–Trinajstić information content (AvgIpc) is 2.31. The molecule has 0 aliphatic heterocycles. The molecule has 0 aliphatic carbocycles. The number of carbonyl (C=O) groups is 1. The van der Waals surface area contributed by atoms with E-state index in [4.69, 9.17) is 11.3 Å². The van der Waals surface area contributed by atoms with Crippen LogP contribution in [0.2, 0.25) is 0 Å². The van der Waals surface area contributed by atoms with E-state index >= 15 is 0 Å². The molecule has 17 heavy (non-hydrogen) atoms. The molecule has 0 aromatic rings. The van der Waals surface area contributed by atoms with Crippen molar-refractivity contribution in [3.05, 3.63) is 10.4 Å². The van der Waals surface area contributed by atoms with Crippen molar-refractivity contribution in [3.63, 3.8) is 0 Å². The summed E-state index contributed by atoms with van der Waals surface area (Å²) in [6, 6.07) is -0.667. The molecule has 0 aliphatic rings. The normalized spacial score (nSPS) is 11.8. The molecule has 1 amide bonds. The van der Waals surface area contributed by atoms with Crippen LogP contribution in [-0.4, -0.2) is 11.9 Å². The summed E-state index contributed by atoms with van der Waals surface area (Å²) in [7, 11) is 0. The standard InChI is InChI=1S/C12H24N4O/c1-2-3-4-5-6-7-8-9-10-11(12(13)17)15-16-14/h11H,2-10H2,1H3,(H2,13,17). The van der Waals surface area contributed by atoms with Crippen LogP contribution < -0.4 is 5.73 Å². The second-order valence-corrected chi connectivity index (χ2v) is 4.39. The third kappa shape index (κ3) is 9.69. The molecule has 98 valence electrons. The van der Waals surface area contributed by atoms with E-state index in [0.29, 0.717) is 6.42 Å². The first kappa shape index (κ1) is 15.8. The zero-order valence-corrected chi connectivity index (χ0v) is 10.8. The monoisotopic (exact) mass is 240 g/mol. The van der Waals surface area contributed by atoms with Gasteiger partial charge in [-0.15, -0.1) is 0 Å². The number of hydrogen-bond donors (Lipinski definition) is 1. The lowest BCUT2D eigenvalue weighted by Crippen LogP contribution is -2.26. The summed E-state index contributed by atoms with van der Waals surface area (Å²) in [5.41, 5.74) is 13.4. The molecule has 0 spiro atoms. The van der Waals surface area contributed by atoms with Gasteiger partial charge in [0, 0.05) is 4.91 Å². The lowest BCUT2D eigenvalue weighted by Gasteiger charge is -2.06. The maximum Gasteiger partial charge on any atom is 0.226 e. The van der Waals surface area contributed by atoms with Gasteiger partial charge < -0.3 is 5.73 Å². The Hall–Kier alpha value is -1.22. The zero-order valence-electron chi connectivity index (χ0n) is 10.8. The molecule has 0 bridgehead atoms. The van der Waals surface area contributed by atoms with Gasteiger partial charge in [-0.1, -0.05) is 63.4 Å². The lowest BCUT2D eigenvalue weighted by molar-refractivity contribution is -0.119. The van der Waals surface area contributed by atoms with Crippen LogP contribution in [0.1, 0.15) is 64.7 Å². The van der Waals surface area contributed by atoms with E-state index in [1.54, 1.807) is 0 Å². The molecule has 0 aromatic carbocycles. The quantitative estimate of drug-likeness (QED) is 0.254. The van der Waals surface area contributed by atoms with Crippen LogP contribution in [0.4, 0.5) is 0 Å². The fourth-order valence-electron chi connectivity index (χ4n) is 1.79. The number of carbonyl (C=O) groups excluding carboxylic acids is 1. The van der Waals surface area contributed by atoms with Crippen molar-refractivity contribution in [1.82, 2.24) is 0 Å². The fourth-order valence-corrected chi connectivity index (χ4v) is 1.79. The van der Waals surface area contributed by atoms with Gasteiger partial charge >= 0.3 is 0 Å². The highest BCUT2D eigenvalue weighted by atomic mass is 16.1. The van der Waals surface area contributed by atoms with Crippen LogP contribution in [0.15, 0.2) is 5.11 Å². The molecule has 5 heteroatoms. The van der Waals surface area contributed by atoms with Gasteiger partial charge in [-0.25, -0.2) is 0 Å². The maximum atomic E-state index is 10.9. The molecule has 0 fully saturated rings. The second-order valence-electron chi connectivity index (χ2n) is 4.39. The van der Waals surface area contributed by atoms with E-state index in [1.807, 2.05) is 0 Å². The van der Waals surface area contributed by atoms with Gasteiger partial charge in [-0.05, 0) is 12.0 Å². The Bertz CT molecular complexity index is 247. The van der Waals surface area contributed by atoms with Crippen molar-refractivity contribution < 1.29 is 4.79 Å². The Morgan fingerprint density at radius 3 is 2.18 bits per heavy atom. The first-order valence-corrected chi connectivity index (χ1v) is 6.56. The number of hydrogen-bond acceptors (Lipinski definition) is 2. The highest BCUT2D eigenvalue weighted by Gasteiger charge is 2.11. The Morgan fingerprint density at radius 1 is 1.18 bits per heavy atom. The van der Waals surface area contributed by atoms with Gasteiger partial charge in [-0.2, -0.15) is 0 Å². The molecule has 1 atom stereocenters. The van der Waals surface area contributed by atoms with Crippen LogP contribution in [0, 0.1) is 0 Å². The number of nitrogens with two attached hydrogens (primary N) is 1. The van der Waals surface area contributed by atoms with Gasteiger partial charge in [0.2, 0.25) is 5.91 Å². The average molecular weight is 240 g/mol. The maximum absolute atomic E-state index is 10.9. The Kier molecular flexibility index (Phi) is 10.5. The molecule has 0 rings (SSSR count). The summed E-state index contributed by atoms with van der Waals surface area (Å²) in [6.45, 7) is 2.21. The fraction of sp³-hybridized carbons (Fsp3) is 0.917. The summed E-state index contributed by atoms with van der Waals surface area (Å²) in [5.74, 6) is -0.522. The van der Waals surface area contributed by atoms with Crippen molar-refractivity contribution in [2.75, 3.05) is 0 Å². The number of primary amides is 1. The van der Waals surface area contributed by atoms with Crippen molar-refractivity contribution >= 4 is 5.91 Å². The first-order valence-electron chi connectivity index (χ1n) is 6.56. The summed E-state index contributed by atoms with van der Waals surface area (Å²) in [6.07, 6.45) is 10.2. The van der Waals surface area contributed by atoms with Crippen LogP contribution in [0.25, 0.3) is 10.4 Å². The number of unbranched alkanes of at least 4 members (excludes halogenated alkanes) is 7. The van der Waals surface area contributed by atoms with E-state index in [1.165, 1.54) is 38.5 Å². The van der Waals surface area contributed by atoms with Gasteiger partial charge in [0.1, 0.15) is 6.04 Å². The molecule has 1 unspecified atom stereocenters.